The number of ether oxygens (including phenoxy) is 2. The summed E-state index contributed by atoms with van der Waals surface area (Å²) in [5.41, 5.74) is 2.17. The van der Waals surface area contributed by atoms with E-state index in [4.69, 9.17) is 9.47 Å². The zero-order chi connectivity index (χ0) is 16.9. The first-order valence-electron chi connectivity index (χ1n) is 7.68. The van der Waals surface area contributed by atoms with Gasteiger partial charge in [-0.25, -0.2) is 4.98 Å². The van der Waals surface area contributed by atoms with Crippen LogP contribution in [-0.2, 0) is 0 Å². The molecular formula is C18H19N3O3. The quantitative estimate of drug-likeness (QED) is 0.707. The van der Waals surface area contributed by atoms with E-state index in [1.165, 1.54) is 0 Å². The van der Waals surface area contributed by atoms with Gasteiger partial charge < -0.3 is 19.2 Å². The summed E-state index contributed by atoms with van der Waals surface area (Å²) in [6.45, 7) is 2.69. The van der Waals surface area contributed by atoms with Crippen LogP contribution in [-0.4, -0.2) is 35.6 Å². The van der Waals surface area contributed by atoms with Crippen molar-refractivity contribution in [2.24, 2.45) is 0 Å². The molecule has 0 radical (unpaired) electrons. The van der Waals surface area contributed by atoms with Crippen LogP contribution in [0.25, 0.3) is 5.65 Å². The Labute approximate surface area is 140 Å². The number of rotatable bonds is 6. The minimum absolute atomic E-state index is 0.221. The number of carbonyl (C=O) groups is 1. The van der Waals surface area contributed by atoms with Gasteiger partial charge >= 0.3 is 0 Å². The van der Waals surface area contributed by atoms with Crippen molar-refractivity contribution in [1.82, 2.24) is 14.7 Å². The molecule has 0 aliphatic carbocycles. The third-order valence-electron chi connectivity index (χ3n) is 3.64. The van der Waals surface area contributed by atoms with Gasteiger partial charge in [0.05, 0.1) is 13.7 Å². The first-order valence-corrected chi connectivity index (χ1v) is 7.68. The lowest BCUT2D eigenvalue weighted by Crippen LogP contribution is -2.28. The average molecular weight is 325 g/mol. The van der Waals surface area contributed by atoms with Crippen LogP contribution < -0.4 is 14.8 Å². The molecule has 3 rings (SSSR count). The summed E-state index contributed by atoms with van der Waals surface area (Å²) in [7, 11) is 1.59. The molecule has 0 saturated carbocycles. The molecule has 0 spiro atoms. The second-order valence-corrected chi connectivity index (χ2v) is 5.28. The van der Waals surface area contributed by atoms with Crippen LogP contribution in [0.4, 0.5) is 0 Å². The molecule has 0 aliphatic heterocycles. The van der Waals surface area contributed by atoms with E-state index in [1.54, 1.807) is 13.3 Å². The van der Waals surface area contributed by atoms with E-state index in [-0.39, 0.29) is 5.91 Å². The second-order valence-electron chi connectivity index (χ2n) is 5.28. The largest absolute Gasteiger partial charge is 0.493 e. The average Bonchev–Trinajstić information content (AvgIpc) is 3.04. The summed E-state index contributed by atoms with van der Waals surface area (Å²) in [5, 5.41) is 2.81. The monoisotopic (exact) mass is 325 g/mol. The van der Waals surface area contributed by atoms with Gasteiger partial charge in [0, 0.05) is 11.9 Å². The number of fused-ring (bicyclic) bond motifs is 1. The first kappa shape index (κ1) is 15.9. The lowest BCUT2D eigenvalue weighted by atomic mass is 10.3. The van der Waals surface area contributed by atoms with Crippen molar-refractivity contribution in [3.05, 3.63) is 60.0 Å². The zero-order valence-corrected chi connectivity index (χ0v) is 13.7. The topological polar surface area (TPSA) is 64.9 Å². The van der Waals surface area contributed by atoms with E-state index in [0.717, 1.165) is 11.3 Å². The van der Waals surface area contributed by atoms with Crippen molar-refractivity contribution in [2.45, 2.75) is 6.92 Å². The van der Waals surface area contributed by atoms with Crippen molar-refractivity contribution in [2.75, 3.05) is 20.3 Å². The Hall–Kier alpha value is -3.02. The predicted octanol–water partition coefficient (Wildman–Crippen LogP) is 2.46. The Balaban J connectivity index is 1.56. The zero-order valence-electron chi connectivity index (χ0n) is 13.7. The number of para-hydroxylation sites is 2. The second kappa shape index (κ2) is 7.04. The molecule has 0 atom stereocenters. The molecule has 0 aliphatic rings. The molecule has 124 valence electrons. The third-order valence-corrected chi connectivity index (χ3v) is 3.64. The highest BCUT2D eigenvalue weighted by Gasteiger charge is 2.11. The minimum Gasteiger partial charge on any atom is -0.493 e. The molecule has 1 amide bonds. The van der Waals surface area contributed by atoms with E-state index >= 15 is 0 Å². The highest BCUT2D eigenvalue weighted by atomic mass is 16.5. The number of methoxy groups -OCH3 is 1. The van der Waals surface area contributed by atoms with E-state index in [1.807, 2.05) is 53.8 Å². The number of amides is 1. The van der Waals surface area contributed by atoms with E-state index in [2.05, 4.69) is 10.3 Å². The predicted molar refractivity (Wildman–Crippen MR) is 90.8 cm³/mol. The van der Waals surface area contributed by atoms with Gasteiger partial charge in [0.1, 0.15) is 17.9 Å². The van der Waals surface area contributed by atoms with Gasteiger partial charge in [-0.15, -0.1) is 0 Å². The Morgan fingerprint density at radius 1 is 1.17 bits per heavy atom. The van der Waals surface area contributed by atoms with Crippen molar-refractivity contribution in [1.29, 1.82) is 0 Å². The number of imidazole rings is 1. The number of nitrogens with one attached hydrogen (secondary N) is 1. The number of pyridine rings is 1. The van der Waals surface area contributed by atoms with Crippen LogP contribution >= 0.6 is 0 Å². The molecule has 1 aromatic carbocycles. The number of carbonyl (C=O) groups excluding carboxylic acids is 1. The van der Waals surface area contributed by atoms with Gasteiger partial charge in [0.2, 0.25) is 0 Å². The van der Waals surface area contributed by atoms with Crippen molar-refractivity contribution >= 4 is 11.6 Å². The van der Waals surface area contributed by atoms with Crippen LogP contribution in [0.1, 0.15) is 16.2 Å². The molecule has 0 saturated heterocycles. The molecule has 0 unspecified atom stereocenters. The van der Waals surface area contributed by atoms with Crippen LogP contribution in [0.2, 0.25) is 0 Å². The molecule has 0 bridgehead atoms. The highest BCUT2D eigenvalue weighted by Crippen LogP contribution is 2.25. The molecule has 6 heteroatoms. The molecule has 2 aromatic heterocycles. The summed E-state index contributed by atoms with van der Waals surface area (Å²) in [5.74, 6) is 1.10. The van der Waals surface area contributed by atoms with Crippen LogP contribution in [0.15, 0.2) is 48.7 Å². The van der Waals surface area contributed by atoms with E-state index in [9.17, 15) is 4.79 Å². The molecule has 6 nitrogen and oxygen atoms in total. The number of hydrogen-bond acceptors (Lipinski definition) is 4. The summed E-state index contributed by atoms with van der Waals surface area (Å²) in [6.07, 6.45) is 1.74. The summed E-state index contributed by atoms with van der Waals surface area (Å²) < 4.78 is 12.7. The van der Waals surface area contributed by atoms with Gasteiger partial charge in [-0.1, -0.05) is 18.2 Å². The smallest absolute Gasteiger partial charge is 0.271 e. The molecule has 0 fully saturated rings. The van der Waals surface area contributed by atoms with E-state index < -0.39 is 0 Å². The van der Waals surface area contributed by atoms with Gasteiger partial charge in [0.15, 0.2) is 11.5 Å². The van der Waals surface area contributed by atoms with Gasteiger partial charge in [0.25, 0.3) is 5.91 Å². The molecule has 3 aromatic rings. The third kappa shape index (κ3) is 3.32. The summed E-state index contributed by atoms with van der Waals surface area (Å²) in [6, 6.07) is 13.2. The summed E-state index contributed by atoms with van der Waals surface area (Å²) >= 11 is 0. The van der Waals surface area contributed by atoms with Gasteiger partial charge in [-0.3, -0.25) is 4.79 Å². The lowest BCUT2D eigenvalue weighted by molar-refractivity contribution is 0.0942. The van der Waals surface area contributed by atoms with Crippen LogP contribution in [0, 0.1) is 6.92 Å². The van der Waals surface area contributed by atoms with Gasteiger partial charge in [-0.2, -0.15) is 0 Å². The van der Waals surface area contributed by atoms with E-state index in [0.29, 0.717) is 30.3 Å². The fourth-order valence-corrected chi connectivity index (χ4v) is 2.41. The first-order chi connectivity index (χ1) is 11.7. The number of aromatic nitrogens is 2. The van der Waals surface area contributed by atoms with Crippen LogP contribution in [0.5, 0.6) is 11.5 Å². The Morgan fingerprint density at radius 2 is 1.96 bits per heavy atom. The maximum absolute atomic E-state index is 12.2. The molecule has 2 heterocycles. The van der Waals surface area contributed by atoms with Crippen molar-refractivity contribution < 1.29 is 14.3 Å². The van der Waals surface area contributed by atoms with Crippen LogP contribution in [0.3, 0.4) is 0 Å². The Kier molecular flexibility index (Phi) is 4.65. The highest BCUT2D eigenvalue weighted by molar-refractivity contribution is 5.92. The number of nitrogens with zero attached hydrogens (tertiary/aromatic N) is 2. The molecular weight excluding hydrogens is 306 g/mol. The molecule has 1 N–H and O–H groups in total. The van der Waals surface area contributed by atoms with Gasteiger partial charge in [-0.05, 0) is 31.2 Å². The number of hydrogen-bond donors (Lipinski definition) is 1. The number of aryl methyl sites for hydroxylation is 1. The molecule has 24 heavy (non-hydrogen) atoms. The Morgan fingerprint density at radius 3 is 2.71 bits per heavy atom. The lowest BCUT2D eigenvalue weighted by Gasteiger charge is -2.10. The van der Waals surface area contributed by atoms with Crippen molar-refractivity contribution in [3.63, 3.8) is 0 Å². The normalized spacial score (nSPS) is 10.6. The standard InChI is InChI=1S/C18H19N3O3/c1-13-6-5-9-17-20-14(12-21(13)17)18(22)19-10-11-24-16-8-4-3-7-15(16)23-2/h3-9,12H,10-11H2,1-2H3,(H,19,22). The van der Waals surface area contributed by atoms with Crippen molar-refractivity contribution in [3.8, 4) is 11.5 Å². The Bertz CT molecular complexity index is 858. The fraction of sp³-hybridized carbons (Fsp3) is 0.222. The maximum Gasteiger partial charge on any atom is 0.271 e. The number of benzene rings is 1. The minimum atomic E-state index is -0.221. The fourth-order valence-electron chi connectivity index (χ4n) is 2.41. The summed E-state index contributed by atoms with van der Waals surface area (Å²) in [4.78, 5) is 16.5. The maximum atomic E-state index is 12.2. The SMILES string of the molecule is COc1ccccc1OCCNC(=O)c1cn2c(C)cccc2n1.